The van der Waals surface area contributed by atoms with E-state index in [1.54, 1.807) is 36.0 Å². The Bertz CT molecular complexity index is 742. The number of aryl methyl sites for hydroxylation is 4. The van der Waals surface area contributed by atoms with E-state index in [0.29, 0.717) is 4.90 Å². The highest BCUT2D eigenvalue weighted by Crippen LogP contribution is 2.13. The smallest absolute Gasteiger partial charge is 0.196 e. The van der Waals surface area contributed by atoms with Gasteiger partial charge in [-0.2, -0.15) is 8.42 Å². The fourth-order valence-corrected chi connectivity index (χ4v) is 3.77. The minimum absolute atomic E-state index is 0.294. The molecule has 0 amide bonds. The highest BCUT2D eigenvalue weighted by Gasteiger charge is 2.30. The maximum absolute atomic E-state index is 12.7. The number of benzene rings is 1. The predicted octanol–water partition coefficient (Wildman–Crippen LogP) is 2.16. The molecule has 4 nitrogen and oxygen atoms in total. The molecule has 2 rings (SSSR count). The molecule has 0 aliphatic carbocycles. The van der Waals surface area contributed by atoms with Gasteiger partial charge in [0.1, 0.15) is 0 Å². The second kappa shape index (κ2) is 5.48. The van der Waals surface area contributed by atoms with Gasteiger partial charge in [0.25, 0.3) is 0 Å². The number of sulfonamides is 1. The van der Waals surface area contributed by atoms with Crippen molar-refractivity contribution in [2.24, 2.45) is 0 Å². The number of rotatable bonds is 3. The van der Waals surface area contributed by atoms with E-state index in [0.717, 1.165) is 22.5 Å². The minimum atomic E-state index is -3.57. The quantitative estimate of drug-likeness (QED) is 0.816. The largest absolute Gasteiger partial charge is 0.308 e. The van der Waals surface area contributed by atoms with Crippen LogP contribution in [0, 0.1) is 27.7 Å². The Morgan fingerprint density at radius 2 is 1.33 bits per heavy atom. The van der Waals surface area contributed by atoms with Crippen LogP contribution in [0.3, 0.4) is 0 Å². The molecule has 0 aliphatic rings. The molecule has 0 fully saturated rings. The lowest BCUT2D eigenvalue weighted by Crippen LogP contribution is -2.61. The molecule has 0 aliphatic heterocycles. The van der Waals surface area contributed by atoms with Gasteiger partial charge >= 0.3 is 10.0 Å². The highest BCUT2D eigenvalue weighted by molar-refractivity contribution is 7.92. The Morgan fingerprint density at radius 3 is 1.81 bits per heavy atom. The number of hydrogen-bond donors (Lipinski definition) is 0. The third kappa shape index (κ3) is 2.93. The molecule has 0 unspecified atom stereocenters. The van der Waals surface area contributed by atoms with Crippen LogP contribution in [0.2, 0.25) is 0 Å². The molecule has 2 aromatic rings. The summed E-state index contributed by atoms with van der Waals surface area (Å²) in [6, 6.07) is 10.8. The first-order valence-electron chi connectivity index (χ1n) is 6.79. The third-order valence-electron chi connectivity index (χ3n) is 3.49. The molecule has 1 heterocycles. The maximum Gasteiger partial charge on any atom is 0.308 e. The van der Waals surface area contributed by atoms with Crippen molar-refractivity contribution in [3.63, 3.8) is 0 Å². The van der Waals surface area contributed by atoms with Crippen LogP contribution in [0.5, 0.6) is 0 Å². The van der Waals surface area contributed by atoms with Crippen molar-refractivity contribution in [2.75, 3.05) is 11.5 Å². The lowest BCUT2D eigenvalue weighted by atomic mass is 10.2. The fourth-order valence-electron chi connectivity index (χ4n) is 2.52. The van der Waals surface area contributed by atoms with Crippen LogP contribution in [-0.4, -0.2) is 15.5 Å². The Morgan fingerprint density at radius 1 is 0.857 bits per heavy atom. The van der Waals surface area contributed by atoms with E-state index >= 15 is 0 Å². The van der Waals surface area contributed by atoms with Gasteiger partial charge in [0.2, 0.25) is 11.4 Å². The molecule has 1 aromatic heterocycles. The molecule has 0 N–H and O–H groups in total. The molecule has 0 spiro atoms. The summed E-state index contributed by atoms with van der Waals surface area (Å²) in [5.74, 6) is 0. The highest BCUT2D eigenvalue weighted by atomic mass is 32.2. The summed E-state index contributed by atoms with van der Waals surface area (Å²) in [7, 11) is -2.00. The summed E-state index contributed by atoms with van der Waals surface area (Å²) in [5, 5.41) is 0. The van der Waals surface area contributed by atoms with Crippen molar-refractivity contribution >= 4 is 10.0 Å². The number of nitrogens with zero attached hydrogens (tertiary/aromatic N) is 2. The van der Waals surface area contributed by atoms with Gasteiger partial charge in [-0.15, -0.1) is 0 Å². The standard InChI is InChI=1S/C16H21N2O2S/c1-12-6-8-16(9-7-12)21(19,20)17(5)18-14(3)10-13(2)11-15(18)4/h6-11H,1-5H3/q+1. The SMILES string of the molecule is Cc1ccc(S(=O)(=O)N(C)[n+]2c(C)cc(C)cc2C)cc1. The van der Waals surface area contributed by atoms with E-state index in [2.05, 4.69) is 0 Å². The van der Waals surface area contributed by atoms with Crippen molar-refractivity contribution in [2.45, 2.75) is 32.6 Å². The monoisotopic (exact) mass is 305 g/mol. The average molecular weight is 305 g/mol. The average Bonchev–Trinajstić information content (AvgIpc) is 2.37. The van der Waals surface area contributed by atoms with Crippen LogP contribution >= 0.6 is 0 Å². The first-order valence-corrected chi connectivity index (χ1v) is 8.23. The van der Waals surface area contributed by atoms with Gasteiger partial charge in [-0.3, -0.25) is 0 Å². The van der Waals surface area contributed by atoms with E-state index < -0.39 is 10.0 Å². The number of pyridine rings is 1. The van der Waals surface area contributed by atoms with E-state index in [-0.39, 0.29) is 0 Å². The molecule has 0 saturated heterocycles. The summed E-state index contributed by atoms with van der Waals surface area (Å²) in [6.45, 7) is 7.74. The molecule has 5 heteroatoms. The summed E-state index contributed by atoms with van der Waals surface area (Å²) < 4.78 is 28.5. The van der Waals surface area contributed by atoms with Crippen LogP contribution in [-0.2, 0) is 10.0 Å². The zero-order chi connectivity index (χ0) is 15.8. The van der Waals surface area contributed by atoms with Crippen molar-refractivity contribution in [3.8, 4) is 0 Å². The zero-order valence-electron chi connectivity index (χ0n) is 13.1. The van der Waals surface area contributed by atoms with E-state index in [9.17, 15) is 8.42 Å². The van der Waals surface area contributed by atoms with E-state index in [4.69, 9.17) is 0 Å². The van der Waals surface area contributed by atoms with Crippen LogP contribution in [0.25, 0.3) is 0 Å². The van der Waals surface area contributed by atoms with Gasteiger partial charge in [0, 0.05) is 26.0 Å². The lowest BCUT2D eigenvalue weighted by Gasteiger charge is -2.16. The first kappa shape index (κ1) is 15.5. The van der Waals surface area contributed by atoms with Gasteiger partial charge in [-0.05, 0) is 31.5 Å². The second-order valence-corrected chi connectivity index (χ2v) is 7.33. The lowest BCUT2D eigenvalue weighted by molar-refractivity contribution is -0.685. The molecule has 0 saturated carbocycles. The van der Waals surface area contributed by atoms with Gasteiger partial charge in [-0.25, -0.2) is 0 Å². The molecular formula is C16H21N2O2S+. The zero-order valence-corrected chi connectivity index (χ0v) is 13.9. The molecule has 21 heavy (non-hydrogen) atoms. The summed E-state index contributed by atoms with van der Waals surface area (Å²) in [6.07, 6.45) is 0. The Hall–Kier alpha value is -1.88. The molecule has 0 atom stereocenters. The minimum Gasteiger partial charge on any atom is -0.196 e. The normalized spacial score (nSPS) is 11.5. The Kier molecular flexibility index (Phi) is 4.05. The summed E-state index contributed by atoms with van der Waals surface area (Å²) in [4.78, 5) is 0.294. The van der Waals surface area contributed by atoms with Crippen molar-refractivity contribution in [1.82, 2.24) is 0 Å². The molecule has 112 valence electrons. The first-order chi connectivity index (χ1) is 9.73. The summed E-state index contributed by atoms with van der Waals surface area (Å²) in [5.41, 5.74) is 3.91. The van der Waals surface area contributed by atoms with Gasteiger partial charge in [0.15, 0.2) is 0 Å². The topological polar surface area (TPSA) is 41.3 Å². The fraction of sp³-hybridized carbons (Fsp3) is 0.312. The van der Waals surface area contributed by atoms with Crippen molar-refractivity contribution in [3.05, 3.63) is 58.9 Å². The second-order valence-electron chi connectivity index (χ2n) is 5.38. The van der Waals surface area contributed by atoms with Crippen LogP contribution in [0.4, 0.5) is 0 Å². The molecule has 0 bridgehead atoms. The number of hydrogen-bond acceptors (Lipinski definition) is 2. The number of aromatic nitrogens is 1. The molecule has 1 aromatic carbocycles. The van der Waals surface area contributed by atoms with Gasteiger partial charge < -0.3 is 0 Å². The van der Waals surface area contributed by atoms with Gasteiger partial charge in [0.05, 0.1) is 11.9 Å². The Balaban J connectivity index is 2.53. The van der Waals surface area contributed by atoms with Crippen LogP contribution < -0.4 is 9.09 Å². The van der Waals surface area contributed by atoms with E-state index in [1.165, 1.54) is 4.41 Å². The Labute approximate surface area is 126 Å². The van der Waals surface area contributed by atoms with Crippen LogP contribution in [0.1, 0.15) is 22.5 Å². The third-order valence-corrected chi connectivity index (χ3v) is 5.22. The van der Waals surface area contributed by atoms with E-state index in [1.807, 2.05) is 39.8 Å². The van der Waals surface area contributed by atoms with Crippen molar-refractivity contribution in [1.29, 1.82) is 0 Å². The molecule has 0 radical (unpaired) electrons. The summed E-state index contributed by atoms with van der Waals surface area (Å²) >= 11 is 0. The van der Waals surface area contributed by atoms with Crippen molar-refractivity contribution < 1.29 is 13.1 Å². The van der Waals surface area contributed by atoms with Gasteiger partial charge in [-0.1, -0.05) is 26.8 Å². The molecular weight excluding hydrogens is 284 g/mol. The predicted molar refractivity (Wildman–Crippen MR) is 83.4 cm³/mol. The maximum atomic E-state index is 12.7. The van der Waals surface area contributed by atoms with Crippen LogP contribution in [0.15, 0.2) is 41.3 Å².